The number of furan rings is 1. The van der Waals surface area contributed by atoms with E-state index in [9.17, 15) is 13.6 Å². The number of halogens is 2. The fourth-order valence-corrected chi connectivity index (χ4v) is 1.82. The first-order chi connectivity index (χ1) is 8.56. The van der Waals surface area contributed by atoms with Crippen LogP contribution in [0.3, 0.4) is 0 Å². The lowest BCUT2D eigenvalue weighted by atomic mass is 10.00. The maximum Gasteiger partial charge on any atom is 0.202 e. The molecule has 0 aliphatic rings. The zero-order valence-electron chi connectivity index (χ0n) is 10.1. The minimum Gasteiger partial charge on any atom is -0.469 e. The molecule has 0 radical (unpaired) electrons. The molecule has 2 rings (SSSR count). The minimum absolute atomic E-state index is 0.209. The van der Waals surface area contributed by atoms with Crippen LogP contribution in [0, 0.1) is 18.6 Å². The van der Waals surface area contributed by atoms with Gasteiger partial charge in [-0.15, -0.1) is 0 Å². The Hall–Kier alpha value is -1.97. The highest BCUT2D eigenvalue weighted by atomic mass is 19.1. The van der Waals surface area contributed by atoms with Crippen molar-refractivity contribution in [3.63, 3.8) is 0 Å². The number of rotatable bonds is 3. The monoisotopic (exact) mass is 250 g/mol. The topological polar surface area (TPSA) is 30.2 Å². The van der Waals surface area contributed by atoms with E-state index in [0.29, 0.717) is 12.2 Å². The van der Waals surface area contributed by atoms with E-state index in [-0.39, 0.29) is 11.1 Å². The van der Waals surface area contributed by atoms with Crippen molar-refractivity contribution in [3.05, 3.63) is 58.5 Å². The maximum atomic E-state index is 13.8. The number of benzene rings is 1. The normalized spacial score (nSPS) is 10.7. The van der Waals surface area contributed by atoms with Crippen LogP contribution in [0.15, 0.2) is 28.9 Å². The largest absolute Gasteiger partial charge is 0.469 e. The lowest BCUT2D eigenvalue weighted by Gasteiger charge is -2.06. The average molecular weight is 250 g/mol. The number of ketones is 1. The van der Waals surface area contributed by atoms with Gasteiger partial charge in [0.25, 0.3) is 0 Å². The van der Waals surface area contributed by atoms with Crippen molar-refractivity contribution in [2.75, 3.05) is 0 Å². The van der Waals surface area contributed by atoms with Gasteiger partial charge in [0.2, 0.25) is 5.78 Å². The van der Waals surface area contributed by atoms with Gasteiger partial charge >= 0.3 is 0 Å². The zero-order valence-corrected chi connectivity index (χ0v) is 10.1. The van der Waals surface area contributed by atoms with E-state index in [1.165, 1.54) is 25.3 Å². The van der Waals surface area contributed by atoms with Crippen molar-refractivity contribution in [2.45, 2.75) is 20.3 Å². The third kappa shape index (κ3) is 1.94. The van der Waals surface area contributed by atoms with Crippen molar-refractivity contribution < 1.29 is 18.0 Å². The predicted molar refractivity (Wildman–Crippen MR) is 62.6 cm³/mol. The molecule has 0 fully saturated rings. The molecule has 1 heterocycles. The predicted octanol–water partition coefficient (Wildman–Crippen LogP) is 3.66. The Morgan fingerprint density at radius 2 is 2.00 bits per heavy atom. The molecule has 0 aliphatic heterocycles. The van der Waals surface area contributed by atoms with Crippen molar-refractivity contribution >= 4 is 5.78 Å². The second-order valence-corrected chi connectivity index (χ2v) is 3.99. The van der Waals surface area contributed by atoms with Crippen molar-refractivity contribution in [3.8, 4) is 0 Å². The highest BCUT2D eigenvalue weighted by Crippen LogP contribution is 2.22. The summed E-state index contributed by atoms with van der Waals surface area (Å²) in [4.78, 5) is 12.1. The third-order valence-corrected chi connectivity index (χ3v) is 2.82. The van der Waals surface area contributed by atoms with Gasteiger partial charge in [0, 0.05) is 6.42 Å². The van der Waals surface area contributed by atoms with E-state index in [0.717, 1.165) is 6.07 Å². The average Bonchev–Trinajstić information content (AvgIpc) is 2.82. The molecule has 0 saturated heterocycles. The van der Waals surface area contributed by atoms with Crippen LogP contribution in [0.2, 0.25) is 0 Å². The summed E-state index contributed by atoms with van der Waals surface area (Å²) in [5, 5.41) is 0. The Labute approximate surface area is 103 Å². The van der Waals surface area contributed by atoms with Crippen molar-refractivity contribution in [2.24, 2.45) is 0 Å². The van der Waals surface area contributed by atoms with Crippen LogP contribution in [-0.2, 0) is 6.42 Å². The van der Waals surface area contributed by atoms with Gasteiger partial charge in [-0.1, -0.05) is 13.0 Å². The highest BCUT2D eigenvalue weighted by Gasteiger charge is 2.23. The molecule has 2 nitrogen and oxygen atoms in total. The number of hydrogen-bond donors (Lipinski definition) is 0. The molecule has 2 aromatic rings. The summed E-state index contributed by atoms with van der Waals surface area (Å²) in [6.45, 7) is 3.29. The molecule has 0 spiro atoms. The third-order valence-electron chi connectivity index (χ3n) is 2.82. The first kappa shape index (κ1) is 12.5. The fourth-order valence-electron chi connectivity index (χ4n) is 1.82. The van der Waals surface area contributed by atoms with Crippen LogP contribution in [0.25, 0.3) is 0 Å². The Balaban J connectivity index is 2.56. The summed E-state index contributed by atoms with van der Waals surface area (Å²) >= 11 is 0. The molecule has 0 N–H and O–H groups in total. The summed E-state index contributed by atoms with van der Waals surface area (Å²) in [5.41, 5.74) is -0.0757. The maximum absolute atomic E-state index is 13.8. The number of hydrogen-bond acceptors (Lipinski definition) is 2. The van der Waals surface area contributed by atoms with Gasteiger partial charge in [-0.2, -0.15) is 0 Å². The molecule has 0 amide bonds. The van der Waals surface area contributed by atoms with Gasteiger partial charge in [0.1, 0.15) is 17.4 Å². The highest BCUT2D eigenvalue weighted by molar-refractivity contribution is 6.10. The number of carbonyl (C=O) groups excluding carboxylic acids is 1. The Kier molecular flexibility index (Phi) is 3.28. The molecular formula is C14H12F2O2. The van der Waals surface area contributed by atoms with E-state index in [2.05, 4.69) is 0 Å². The summed E-state index contributed by atoms with van der Waals surface area (Å²) in [7, 11) is 0. The van der Waals surface area contributed by atoms with E-state index in [1.54, 1.807) is 6.92 Å². The molecule has 0 unspecified atom stereocenters. The Morgan fingerprint density at radius 3 is 2.67 bits per heavy atom. The van der Waals surface area contributed by atoms with Gasteiger partial charge in [0.15, 0.2) is 0 Å². The zero-order chi connectivity index (χ0) is 13.3. The molecule has 0 bridgehead atoms. The van der Waals surface area contributed by atoms with E-state index in [4.69, 9.17) is 4.42 Å². The molecule has 0 aliphatic carbocycles. The molecule has 0 saturated carbocycles. The molecule has 18 heavy (non-hydrogen) atoms. The lowest BCUT2D eigenvalue weighted by Crippen LogP contribution is -2.09. The summed E-state index contributed by atoms with van der Waals surface area (Å²) in [6, 6.07) is 3.83. The van der Waals surface area contributed by atoms with E-state index in [1.807, 2.05) is 0 Å². The lowest BCUT2D eigenvalue weighted by molar-refractivity contribution is 0.102. The van der Waals surface area contributed by atoms with Gasteiger partial charge in [-0.25, -0.2) is 8.78 Å². The quantitative estimate of drug-likeness (QED) is 0.778. The molecule has 94 valence electrons. The first-order valence-corrected chi connectivity index (χ1v) is 5.62. The Bertz CT molecular complexity index is 600. The van der Waals surface area contributed by atoms with Gasteiger partial charge in [0.05, 0.1) is 17.4 Å². The van der Waals surface area contributed by atoms with E-state index >= 15 is 0 Å². The van der Waals surface area contributed by atoms with Gasteiger partial charge in [-0.3, -0.25) is 4.79 Å². The molecule has 1 aromatic carbocycles. The second kappa shape index (κ2) is 4.72. The van der Waals surface area contributed by atoms with Crippen LogP contribution in [0.4, 0.5) is 8.78 Å². The second-order valence-electron chi connectivity index (χ2n) is 3.99. The van der Waals surface area contributed by atoms with Crippen LogP contribution < -0.4 is 0 Å². The molecule has 4 heteroatoms. The fraction of sp³-hybridized carbons (Fsp3) is 0.214. The number of aryl methyl sites for hydroxylation is 2. The standard InChI is InChI=1S/C14H12F2O2/c1-3-11-9(6-7-18-11)14(17)12-10(15)5-4-8(2)13(12)16/h4-7H,3H2,1-2H3. The van der Waals surface area contributed by atoms with Crippen LogP contribution in [0.5, 0.6) is 0 Å². The van der Waals surface area contributed by atoms with Crippen molar-refractivity contribution in [1.82, 2.24) is 0 Å². The number of carbonyl (C=O) groups is 1. The van der Waals surface area contributed by atoms with Gasteiger partial charge in [-0.05, 0) is 24.6 Å². The molecular weight excluding hydrogens is 238 g/mol. The van der Waals surface area contributed by atoms with Gasteiger partial charge < -0.3 is 4.42 Å². The van der Waals surface area contributed by atoms with Crippen LogP contribution in [-0.4, -0.2) is 5.78 Å². The Morgan fingerprint density at radius 1 is 1.28 bits per heavy atom. The summed E-state index contributed by atoms with van der Waals surface area (Å²) in [6.07, 6.45) is 1.83. The molecule has 1 aromatic heterocycles. The smallest absolute Gasteiger partial charge is 0.202 e. The van der Waals surface area contributed by atoms with Crippen molar-refractivity contribution in [1.29, 1.82) is 0 Å². The minimum atomic E-state index is -0.855. The first-order valence-electron chi connectivity index (χ1n) is 5.62. The van der Waals surface area contributed by atoms with E-state index < -0.39 is 23.0 Å². The van der Waals surface area contributed by atoms with Crippen LogP contribution >= 0.6 is 0 Å². The summed E-state index contributed by atoms with van der Waals surface area (Å²) in [5.74, 6) is -1.92. The summed E-state index contributed by atoms with van der Waals surface area (Å²) < 4.78 is 32.6. The SMILES string of the molecule is CCc1occc1C(=O)c1c(F)ccc(C)c1F. The van der Waals surface area contributed by atoms with Crippen LogP contribution in [0.1, 0.15) is 34.2 Å². The molecule has 0 atom stereocenters.